The quantitative estimate of drug-likeness (QED) is 0.829. The summed E-state index contributed by atoms with van der Waals surface area (Å²) in [6, 6.07) is 9.03. The third kappa shape index (κ3) is 4.11. The molecule has 22 heavy (non-hydrogen) atoms. The molecule has 0 aliphatic carbocycles. The summed E-state index contributed by atoms with van der Waals surface area (Å²) in [7, 11) is 1.50. The lowest BCUT2D eigenvalue weighted by atomic mass is 10.2. The fourth-order valence-electron chi connectivity index (χ4n) is 2.02. The first-order valence-electron chi connectivity index (χ1n) is 7.00. The van der Waals surface area contributed by atoms with Gasteiger partial charge in [0.2, 0.25) is 5.91 Å². The first-order chi connectivity index (χ1) is 10.6. The van der Waals surface area contributed by atoms with E-state index in [9.17, 15) is 9.90 Å². The maximum Gasteiger partial charge on any atom is 0.246 e. The molecular weight excluding hydrogens is 298 g/mol. The second-order valence-corrected chi connectivity index (χ2v) is 5.73. The highest BCUT2D eigenvalue weighted by Crippen LogP contribution is 2.26. The van der Waals surface area contributed by atoms with Crippen LogP contribution in [0, 0.1) is 0 Å². The van der Waals surface area contributed by atoms with Gasteiger partial charge in [0.1, 0.15) is 0 Å². The monoisotopic (exact) mass is 317 g/mol. The van der Waals surface area contributed by atoms with Crippen LogP contribution in [0.2, 0.25) is 0 Å². The number of carbonyl (C=O) groups is 1. The van der Waals surface area contributed by atoms with E-state index in [-0.39, 0.29) is 11.7 Å². The molecule has 116 valence electrons. The first kappa shape index (κ1) is 16.1. The number of hydrogen-bond donors (Lipinski definition) is 1. The van der Waals surface area contributed by atoms with Crippen molar-refractivity contribution < 1.29 is 14.6 Å². The average Bonchev–Trinajstić information content (AvgIpc) is 3.03. The van der Waals surface area contributed by atoms with Crippen molar-refractivity contribution in [1.29, 1.82) is 0 Å². The predicted molar refractivity (Wildman–Crippen MR) is 89.1 cm³/mol. The van der Waals surface area contributed by atoms with Gasteiger partial charge in [-0.05, 0) is 42.1 Å². The number of ether oxygens (including phenoxy) is 1. The second kappa shape index (κ2) is 7.66. The van der Waals surface area contributed by atoms with E-state index in [4.69, 9.17) is 4.74 Å². The van der Waals surface area contributed by atoms with Gasteiger partial charge in [0.25, 0.3) is 0 Å². The number of aromatic hydroxyl groups is 1. The molecule has 1 aromatic heterocycles. The molecule has 0 fully saturated rings. The number of phenols is 1. The number of rotatable bonds is 6. The second-order valence-electron chi connectivity index (χ2n) is 4.70. The van der Waals surface area contributed by atoms with Gasteiger partial charge in [0.15, 0.2) is 11.5 Å². The van der Waals surface area contributed by atoms with Gasteiger partial charge in [0, 0.05) is 17.5 Å². The van der Waals surface area contributed by atoms with E-state index in [1.54, 1.807) is 40.5 Å². The lowest BCUT2D eigenvalue weighted by molar-refractivity contribution is -0.126. The molecule has 0 unspecified atom stereocenters. The van der Waals surface area contributed by atoms with Gasteiger partial charge in [0.05, 0.1) is 13.7 Å². The van der Waals surface area contributed by atoms with Crippen molar-refractivity contribution in [1.82, 2.24) is 4.90 Å². The molecule has 1 amide bonds. The predicted octanol–water partition coefficient (Wildman–Crippen LogP) is 3.52. The Morgan fingerprint density at radius 3 is 2.82 bits per heavy atom. The Hall–Kier alpha value is -2.27. The minimum atomic E-state index is -0.0498. The molecule has 0 spiro atoms. The molecule has 4 nitrogen and oxygen atoms in total. The van der Waals surface area contributed by atoms with Crippen LogP contribution in [0.25, 0.3) is 6.08 Å². The highest BCUT2D eigenvalue weighted by atomic mass is 32.1. The topological polar surface area (TPSA) is 49.8 Å². The molecular formula is C17H19NO3S. The average molecular weight is 317 g/mol. The molecule has 0 saturated heterocycles. The fraction of sp³-hybridized carbons (Fsp3) is 0.235. The van der Waals surface area contributed by atoms with Crippen molar-refractivity contribution in [2.24, 2.45) is 0 Å². The molecule has 1 N–H and O–H groups in total. The van der Waals surface area contributed by atoms with Gasteiger partial charge in [-0.15, -0.1) is 11.3 Å². The van der Waals surface area contributed by atoms with Gasteiger partial charge in [-0.25, -0.2) is 0 Å². The molecule has 1 heterocycles. The van der Waals surface area contributed by atoms with Gasteiger partial charge < -0.3 is 14.7 Å². The summed E-state index contributed by atoms with van der Waals surface area (Å²) in [4.78, 5) is 15.2. The van der Waals surface area contributed by atoms with Crippen molar-refractivity contribution >= 4 is 23.3 Å². The van der Waals surface area contributed by atoms with E-state index in [1.165, 1.54) is 13.2 Å². The number of carbonyl (C=O) groups excluding carboxylic acids is 1. The van der Waals surface area contributed by atoms with Crippen molar-refractivity contribution in [3.05, 3.63) is 52.2 Å². The molecule has 0 aliphatic rings. The van der Waals surface area contributed by atoms with Gasteiger partial charge in [-0.3, -0.25) is 4.79 Å². The number of amides is 1. The van der Waals surface area contributed by atoms with Crippen LogP contribution < -0.4 is 4.74 Å². The highest BCUT2D eigenvalue weighted by Gasteiger charge is 2.09. The molecule has 0 saturated carbocycles. The Morgan fingerprint density at radius 1 is 1.41 bits per heavy atom. The zero-order valence-corrected chi connectivity index (χ0v) is 13.5. The maximum atomic E-state index is 12.2. The Kier molecular flexibility index (Phi) is 5.61. The summed E-state index contributed by atoms with van der Waals surface area (Å²) in [6.07, 6.45) is 3.22. The molecule has 0 radical (unpaired) electrons. The minimum Gasteiger partial charge on any atom is -0.504 e. The minimum absolute atomic E-state index is 0.0498. The molecule has 5 heteroatoms. The lowest BCUT2D eigenvalue weighted by Crippen LogP contribution is -2.28. The van der Waals surface area contributed by atoms with Crippen LogP contribution in [-0.4, -0.2) is 29.6 Å². The van der Waals surface area contributed by atoms with Crippen molar-refractivity contribution in [3.8, 4) is 11.5 Å². The third-order valence-corrected chi connectivity index (χ3v) is 4.10. The molecule has 1 aromatic carbocycles. The lowest BCUT2D eigenvalue weighted by Gasteiger charge is -2.18. The van der Waals surface area contributed by atoms with Crippen LogP contribution in [0.3, 0.4) is 0 Å². The summed E-state index contributed by atoms with van der Waals surface area (Å²) in [5, 5.41) is 11.7. The van der Waals surface area contributed by atoms with Crippen LogP contribution in [0.15, 0.2) is 41.8 Å². The van der Waals surface area contributed by atoms with E-state index in [1.807, 2.05) is 24.4 Å². The normalized spacial score (nSPS) is 10.8. The van der Waals surface area contributed by atoms with E-state index in [0.29, 0.717) is 18.8 Å². The summed E-state index contributed by atoms with van der Waals surface area (Å²) >= 11 is 1.64. The first-order valence-corrected chi connectivity index (χ1v) is 7.88. The van der Waals surface area contributed by atoms with Crippen LogP contribution in [0.4, 0.5) is 0 Å². The van der Waals surface area contributed by atoms with Gasteiger partial charge in [-0.2, -0.15) is 0 Å². The third-order valence-electron chi connectivity index (χ3n) is 3.24. The molecule has 2 aromatic rings. The van der Waals surface area contributed by atoms with E-state index < -0.39 is 0 Å². The zero-order valence-electron chi connectivity index (χ0n) is 12.7. The molecule has 0 aliphatic heterocycles. The number of phenolic OH excluding ortho intramolecular Hbond substituents is 1. The Bertz CT molecular complexity index is 650. The number of thiophene rings is 1. The molecule has 0 atom stereocenters. The van der Waals surface area contributed by atoms with Crippen LogP contribution >= 0.6 is 11.3 Å². The van der Waals surface area contributed by atoms with Gasteiger partial charge in [-0.1, -0.05) is 12.1 Å². The van der Waals surface area contributed by atoms with Crippen molar-refractivity contribution in [2.45, 2.75) is 13.5 Å². The summed E-state index contributed by atoms with van der Waals surface area (Å²) in [6.45, 7) is 3.22. The van der Waals surface area contributed by atoms with Crippen molar-refractivity contribution in [3.63, 3.8) is 0 Å². The van der Waals surface area contributed by atoms with Crippen LogP contribution in [-0.2, 0) is 11.3 Å². The summed E-state index contributed by atoms with van der Waals surface area (Å²) in [5.41, 5.74) is 0.749. The summed E-state index contributed by atoms with van der Waals surface area (Å²) < 4.78 is 4.99. The standard InChI is InChI=1S/C17H19NO3S/c1-3-18(12-14-5-4-10-22-14)17(20)9-7-13-6-8-16(21-2)15(19)11-13/h4-11,19H,3,12H2,1-2H3. The smallest absolute Gasteiger partial charge is 0.246 e. The van der Waals surface area contributed by atoms with E-state index in [2.05, 4.69) is 0 Å². The largest absolute Gasteiger partial charge is 0.504 e. The maximum absolute atomic E-state index is 12.2. The zero-order chi connectivity index (χ0) is 15.9. The number of nitrogens with zero attached hydrogens (tertiary/aromatic N) is 1. The number of benzene rings is 1. The van der Waals surface area contributed by atoms with Crippen LogP contribution in [0.5, 0.6) is 11.5 Å². The Morgan fingerprint density at radius 2 is 2.23 bits per heavy atom. The summed E-state index contributed by atoms with van der Waals surface area (Å²) in [5.74, 6) is 0.422. The molecule has 2 rings (SSSR count). The van der Waals surface area contributed by atoms with E-state index in [0.717, 1.165) is 10.4 Å². The Balaban J connectivity index is 2.04. The fourth-order valence-corrected chi connectivity index (χ4v) is 2.74. The number of methoxy groups -OCH3 is 1. The van der Waals surface area contributed by atoms with Gasteiger partial charge >= 0.3 is 0 Å². The Labute approximate surface area is 134 Å². The SMILES string of the molecule is CCN(Cc1cccs1)C(=O)C=Cc1ccc(OC)c(O)c1. The van der Waals surface area contributed by atoms with Crippen LogP contribution in [0.1, 0.15) is 17.4 Å². The van der Waals surface area contributed by atoms with Crippen molar-refractivity contribution in [2.75, 3.05) is 13.7 Å². The van der Waals surface area contributed by atoms with E-state index >= 15 is 0 Å². The highest BCUT2D eigenvalue weighted by molar-refractivity contribution is 7.09. The number of hydrogen-bond acceptors (Lipinski definition) is 4. The molecule has 0 bridgehead atoms. The number of likely N-dealkylation sites (N-methyl/N-ethyl adjacent to an activating group) is 1.